The molecule has 0 unspecified atom stereocenters. The Morgan fingerprint density at radius 2 is 1.92 bits per heavy atom. The summed E-state index contributed by atoms with van der Waals surface area (Å²) < 4.78 is 13.4. The van der Waals surface area contributed by atoms with Gasteiger partial charge in [-0.3, -0.25) is 0 Å². The van der Waals surface area contributed by atoms with Gasteiger partial charge in [-0.2, -0.15) is 16.4 Å². The van der Waals surface area contributed by atoms with Crippen molar-refractivity contribution in [2.24, 2.45) is 16.7 Å². The van der Waals surface area contributed by atoms with Gasteiger partial charge in [0.15, 0.2) is 0 Å². The number of aromatic nitrogens is 1. The number of hydrazone groups is 1. The fraction of sp³-hybridized carbons (Fsp3) is 0. The third-order valence-corrected chi connectivity index (χ3v) is 5.09. The van der Waals surface area contributed by atoms with Crippen molar-refractivity contribution in [3.05, 3.63) is 63.6 Å². The van der Waals surface area contributed by atoms with Gasteiger partial charge < -0.3 is 16.9 Å². The van der Waals surface area contributed by atoms with Gasteiger partial charge in [-0.25, -0.2) is 9.37 Å². The molecule has 0 aliphatic heterocycles. The minimum Gasteiger partial charge on any atom is -0.382 e. The van der Waals surface area contributed by atoms with Gasteiger partial charge in [-0.1, -0.05) is 23.7 Å². The molecule has 4 rings (SSSR count). The minimum absolute atomic E-state index is 0.0477. The van der Waals surface area contributed by atoms with Crippen molar-refractivity contribution in [2.45, 2.75) is 0 Å². The zero-order chi connectivity index (χ0) is 18.3. The molecule has 2 heterocycles. The summed E-state index contributed by atoms with van der Waals surface area (Å²) in [6.45, 7) is 0. The van der Waals surface area contributed by atoms with E-state index in [1.54, 1.807) is 17.4 Å². The number of pyridine rings is 1. The number of hydrogen-bond acceptors (Lipinski definition) is 5. The quantitative estimate of drug-likeness (QED) is 0.208. The van der Waals surface area contributed by atoms with E-state index in [1.165, 1.54) is 12.1 Å². The van der Waals surface area contributed by atoms with Crippen molar-refractivity contribution in [3.8, 4) is 0 Å². The highest BCUT2D eigenvalue weighted by molar-refractivity contribution is 7.09. The van der Waals surface area contributed by atoms with Crippen molar-refractivity contribution >= 4 is 62.0 Å². The molecule has 26 heavy (non-hydrogen) atoms. The Hall–Kier alpha value is -2.90. The van der Waals surface area contributed by atoms with Crippen LogP contribution in [0.5, 0.6) is 0 Å². The molecule has 5 nitrogen and oxygen atoms in total. The van der Waals surface area contributed by atoms with Crippen LogP contribution in [-0.4, -0.2) is 10.8 Å². The first kappa shape index (κ1) is 16.6. The lowest BCUT2D eigenvalue weighted by molar-refractivity contribution is 0.628. The first-order chi connectivity index (χ1) is 12.6. The number of thiophene rings is 1. The molecule has 0 atom stereocenters. The predicted molar refractivity (Wildman–Crippen MR) is 107 cm³/mol. The maximum Gasteiger partial charge on any atom is 0.150 e. The van der Waals surface area contributed by atoms with Crippen molar-refractivity contribution in [1.82, 2.24) is 4.98 Å². The molecule has 2 aromatic carbocycles. The number of nitrogens with one attached hydrogen (secondary N) is 1. The van der Waals surface area contributed by atoms with E-state index in [9.17, 15) is 4.39 Å². The molecule has 8 heteroatoms. The van der Waals surface area contributed by atoms with Crippen LogP contribution in [0.25, 0.3) is 21.7 Å². The standard InChI is InChI=1S/C18H13ClFN5S/c19-14-6-10(2-4-15(14)20)23-18-13-8-26-7-12(13)11-3-1-9(17(21)25-22)5-16(11)24-18/h1-8H,22H2,(H2,21,25)(H,23,24). The molecule has 0 saturated carbocycles. The zero-order valence-electron chi connectivity index (χ0n) is 13.3. The predicted octanol–water partition coefficient (Wildman–Crippen LogP) is 4.56. The highest BCUT2D eigenvalue weighted by Gasteiger charge is 2.12. The molecular formula is C18H13ClFN5S. The van der Waals surface area contributed by atoms with Crippen molar-refractivity contribution in [1.29, 1.82) is 0 Å². The van der Waals surface area contributed by atoms with Crippen molar-refractivity contribution in [3.63, 3.8) is 0 Å². The van der Waals surface area contributed by atoms with E-state index in [2.05, 4.69) is 15.8 Å². The Morgan fingerprint density at radius 3 is 2.69 bits per heavy atom. The number of nitrogens with two attached hydrogens (primary N) is 2. The van der Waals surface area contributed by atoms with Gasteiger partial charge >= 0.3 is 0 Å². The second kappa shape index (κ2) is 6.44. The number of amidine groups is 1. The number of benzene rings is 2. The Morgan fingerprint density at radius 1 is 1.12 bits per heavy atom. The van der Waals surface area contributed by atoms with Crippen LogP contribution in [0.4, 0.5) is 15.9 Å². The summed E-state index contributed by atoms with van der Waals surface area (Å²) in [4.78, 5) is 4.71. The molecule has 2 aromatic heterocycles. The number of fused-ring (bicyclic) bond motifs is 3. The van der Waals surface area contributed by atoms with Gasteiger partial charge in [0.2, 0.25) is 0 Å². The van der Waals surface area contributed by atoms with Crippen LogP contribution in [-0.2, 0) is 0 Å². The largest absolute Gasteiger partial charge is 0.382 e. The molecule has 0 bridgehead atoms. The monoisotopic (exact) mass is 385 g/mol. The second-order valence-corrected chi connectivity index (χ2v) is 6.81. The number of anilines is 2. The Kier molecular flexibility index (Phi) is 4.10. The van der Waals surface area contributed by atoms with Gasteiger partial charge in [0.1, 0.15) is 17.5 Å². The molecule has 5 N–H and O–H groups in total. The molecule has 0 radical (unpaired) electrons. The van der Waals surface area contributed by atoms with Crippen LogP contribution >= 0.6 is 22.9 Å². The van der Waals surface area contributed by atoms with Crippen LogP contribution in [0.1, 0.15) is 5.56 Å². The lowest BCUT2D eigenvalue weighted by Gasteiger charge is -2.11. The van der Waals surface area contributed by atoms with Gasteiger partial charge in [-0.15, -0.1) is 0 Å². The van der Waals surface area contributed by atoms with Crippen LogP contribution in [0.2, 0.25) is 5.02 Å². The Balaban J connectivity index is 1.89. The summed E-state index contributed by atoms with van der Waals surface area (Å²) in [6, 6.07) is 10.1. The third kappa shape index (κ3) is 2.81. The Bertz CT molecular complexity index is 1170. The maximum absolute atomic E-state index is 13.4. The van der Waals surface area contributed by atoms with Gasteiger partial charge in [0, 0.05) is 32.8 Å². The summed E-state index contributed by atoms with van der Waals surface area (Å²) in [7, 11) is 0. The summed E-state index contributed by atoms with van der Waals surface area (Å²) in [5.41, 5.74) is 7.89. The Labute approximate surface area is 157 Å². The minimum atomic E-state index is -0.467. The number of nitrogens with zero attached hydrogens (tertiary/aromatic N) is 2. The molecule has 0 spiro atoms. The molecular weight excluding hydrogens is 373 g/mol. The van der Waals surface area contributed by atoms with Gasteiger partial charge in [-0.05, 0) is 29.6 Å². The molecule has 0 aliphatic carbocycles. The summed E-state index contributed by atoms with van der Waals surface area (Å²) in [6.07, 6.45) is 0. The molecule has 0 saturated heterocycles. The van der Waals surface area contributed by atoms with E-state index in [-0.39, 0.29) is 10.9 Å². The summed E-state index contributed by atoms with van der Waals surface area (Å²) >= 11 is 7.45. The molecule has 4 aromatic rings. The fourth-order valence-electron chi connectivity index (χ4n) is 2.76. The van der Waals surface area contributed by atoms with E-state index in [0.29, 0.717) is 17.1 Å². The summed E-state index contributed by atoms with van der Waals surface area (Å²) in [5, 5.41) is 13.9. The average molecular weight is 386 g/mol. The van der Waals surface area contributed by atoms with E-state index in [4.69, 9.17) is 28.2 Å². The van der Waals surface area contributed by atoms with Gasteiger partial charge in [0.05, 0.1) is 10.5 Å². The zero-order valence-corrected chi connectivity index (χ0v) is 14.9. The van der Waals surface area contributed by atoms with Gasteiger partial charge in [0.25, 0.3) is 0 Å². The first-order valence-electron chi connectivity index (χ1n) is 7.62. The van der Waals surface area contributed by atoms with Crippen molar-refractivity contribution < 1.29 is 4.39 Å². The molecule has 130 valence electrons. The topological polar surface area (TPSA) is 89.3 Å². The van der Waals surface area contributed by atoms with Crippen LogP contribution in [0.3, 0.4) is 0 Å². The fourth-order valence-corrected chi connectivity index (χ4v) is 3.77. The molecule has 0 fully saturated rings. The smallest absolute Gasteiger partial charge is 0.150 e. The van der Waals surface area contributed by atoms with E-state index >= 15 is 0 Å². The van der Waals surface area contributed by atoms with Crippen LogP contribution < -0.4 is 16.9 Å². The summed E-state index contributed by atoms with van der Waals surface area (Å²) in [5.74, 6) is 5.69. The number of halogens is 2. The third-order valence-electron chi connectivity index (χ3n) is 4.05. The molecule has 0 amide bonds. The van der Waals surface area contributed by atoms with Crippen LogP contribution in [0.15, 0.2) is 52.3 Å². The van der Waals surface area contributed by atoms with E-state index in [1.807, 2.05) is 23.6 Å². The first-order valence-corrected chi connectivity index (χ1v) is 8.94. The average Bonchev–Trinajstić information content (AvgIpc) is 3.14. The van der Waals surface area contributed by atoms with E-state index in [0.717, 1.165) is 21.7 Å². The second-order valence-electron chi connectivity index (χ2n) is 5.66. The SMILES string of the molecule is N/N=C(\N)c1ccc2c(c1)nc(Nc1ccc(F)c(Cl)c1)c1cscc12. The van der Waals surface area contributed by atoms with Crippen molar-refractivity contribution in [2.75, 3.05) is 5.32 Å². The molecule has 0 aliphatic rings. The maximum atomic E-state index is 13.4. The lowest BCUT2D eigenvalue weighted by atomic mass is 10.1. The normalized spacial score (nSPS) is 12.0. The highest BCUT2D eigenvalue weighted by atomic mass is 35.5. The number of rotatable bonds is 3. The van der Waals surface area contributed by atoms with E-state index < -0.39 is 5.82 Å². The lowest BCUT2D eigenvalue weighted by Crippen LogP contribution is -2.15. The number of hydrogen-bond donors (Lipinski definition) is 3. The highest BCUT2D eigenvalue weighted by Crippen LogP contribution is 2.34. The van der Waals surface area contributed by atoms with Crippen LogP contribution in [0, 0.1) is 5.82 Å².